The lowest BCUT2D eigenvalue weighted by molar-refractivity contribution is -0.137. The summed E-state index contributed by atoms with van der Waals surface area (Å²) in [4.78, 5) is 19.2. The average molecular weight is 236 g/mol. The van der Waals surface area contributed by atoms with Crippen molar-refractivity contribution in [1.29, 1.82) is 0 Å². The zero-order valence-electron chi connectivity index (χ0n) is 9.67. The fourth-order valence-electron chi connectivity index (χ4n) is 0.990. The second-order valence-electron chi connectivity index (χ2n) is 3.26. The van der Waals surface area contributed by atoms with Gasteiger partial charge in [0, 0.05) is 13.3 Å². The van der Waals surface area contributed by atoms with Crippen molar-refractivity contribution in [2.24, 2.45) is 0 Å². The molecule has 0 fully saturated rings. The predicted molar refractivity (Wildman–Crippen MR) is 65.7 cm³/mol. The topological polar surface area (TPSA) is 74.6 Å². The minimum atomic E-state index is -0.833. The molecular formula is C13H16O4. The lowest BCUT2D eigenvalue weighted by Crippen LogP contribution is -1.91. The molecule has 0 aliphatic heterocycles. The van der Waals surface area contributed by atoms with Gasteiger partial charge in [-0.2, -0.15) is 0 Å². The first kappa shape index (κ1) is 14.9. The SMILES string of the molecule is CC(=O)O.O=C(O)CC/C=C/c1ccccc1. The largest absolute Gasteiger partial charge is 0.481 e. The van der Waals surface area contributed by atoms with E-state index in [0.29, 0.717) is 6.42 Å². The van der Waals surface area contributed by atoms with Crippen molar-refractivity contribution >= 4 is 18.0 Å². The Balaban J connectivity index is 0.000000557. The van der Waals surface area contributed by atoms with Crippen molar-refractivity contribution in [3.63, 3.8) is 0 Å². The van der Waals surface area contributed by atoms with Gasteiger partial charge in [-0.25, -0.2) is 0 Å². The fraction of sp³-hybridized carbons (Fsp3) is 0.231. The van der Waals surface area contributed by atoms with Crippen molar-refractivity contribution in [3.8, 4) is 0 Å². The Hall–Kier alpha value is -2.10. The molecule has 0 bridgehead atoms. The number of benzene rings is 1. The van der Waals surface area contributed by atoms with Gasteiger partial charge in [-0.3, -0.25) is 9.59 Å². The Labute approximate surface area is 100 Å². The van der Waals surface area contributed by atoms with E-state index >= 15 is 0 Å². The van der Waals surface area contributed by atoms with E-state index < -0.39 is 11.9 Å². The Kier molecular flexibility index (Phi) is 8.02. The van der Waals surface area contributed by atoms with Gasteiger partial charge in [-0.1, -0.05) is 42.5 Å². The molecule has 1 aromatic carbocycles. The quantitative estimate of drug-likeness (QED) is 0.842. The third kappa shape index (κ3) is 11.8. The average Bonchev–Trinajstić information content (AvgIpc) is 2.25. The van der Waals surface area contributed by atoms with Crippen LogP contribution < -0.4 is 0 Å². The van der Waals surface area contributed by atoms with Crippen LogP contribution >= 0.6 is 0 Å². The van der Waals surface area contributed by atoms with E-state index in [4.69, 9.17) is 15.0 Å². The molecule has 1 rings (SSSR count). The molecular weight excluding hydrogens is 220 g/mol. The fourth-order valence-corrected chi connectivity index (χ4v) is 0.990. The van der Waals surface area contributed by atoms with E-state index in [9.17, 15) is 4.79 Å². The van der Waals surface area contributed by atoms with Gasteiger partial charge >= 0.3 is 5.97 Å². The molecule has 0 aliphatic carbocycles. The van der Waals surface area contributed by atoms with Gasteiger partial charge < -0.3 is 10.2 Å². The van der Waals surface area contributed by atoms with Crippen molar-refractivity contribution in [2.75, 3.05) is 0 Å². The predicted octanol–water partition coefficient (Wildman–Crippen LogP) is 2.66. The molecule has 0 radical (unpaired) electrons. The summed E-state index contributed by atoms with van der Waals surface area (Å²) in [5.74, 6) is -1.59. The maximum absolute atomic E-state index is 10.2. The van der Waals surface area contributed by atoms with Gasteiger partial charge in [0.15, 0.2) is 0 Å². The molecule has 0 saturated heterocycles. The third-order valence-corrected chi connectivity index (χ3v) is 1.63. The summed E-state index contributed by atoms with van der Waals surface area (Å²) in [5.41, 5.74) is 1.10. The van der Waals surface area contributed by atoms with E-state index in [2.05, 4.69) is 0 Å². The minimum absolute atomic E-state index is 0.198. The molecule has 0 unspecified atom stereocenters. The zero-order chi connectivity index (χ0) is 13.1. The number of allylic oxidation sites excluding steroid dienone is 1. The molecule has 17 heavy (non-hydrogen) atoms. The normalized spacial score (nSPS) is 9.47. The third-order valence-electron chi connectivity index (χ3n) is 1.63. The molecule has 0 saturated carbocycles. The van der Waals surface area contributed by atoms with E-state index in [1.54, 1.807) is 0 Å². The second kappa shape index (κ2) is 9.15. The number of hydrogen-bond donors (Lipinski definition) is 2. The van der Waals surface area contributed by atoms with Crippen LogP contribution in [0.2, 0.25) is 0 Å². The molecule has 0 atom stereocenters. The van der Waals surface area contributed by atoms with E-state index in [0.717, 1.165) is 12.5 Å². The van der Waals surface area contributed by atoms with Crippen molar-refractivity contribution < 1.29 is 19.8 Å². The number of carboxylic acid groups (broad SMARTS) is 2. The number of carboxylic acids is 2. The molecule has 0 amide bonds. The molecule has 4 heteroatoms. The highest BCUT2D eigenvalue weighted by Crippen LogP contribution is 2.02. The standard InChI is InChI=1S/C11H12O2.C2H4O2/c12-11(13)9-5-4-8-10-6-2-1-3-7-10;1-2(3)4/h1-4,6-8H,5,9H2,(H,12,13);1H3,(H,3,4)/b8-4+;. The van der Waals surface area contributed by atoms with Crippen LogP contribution in [-0.2, 0) is 9.59 Å². The smallest absolute Gasteiger partial charge is 0.303 e. The summed E-state index contributed by atoms with van der Waals surface area (Å²) in [5, 5.41) is 15.8. The lowest BCUT2D eigenvalue weighted by Gasteiger charge is -1.90. The zero-order valence-corrected chi connectivity index (χ0v) is 9.67. The summed E-state index contributed by atoms with van der Waals surface area (Å²) < 4.78 is 0. The molecule has 0 spiro atoms. The van der Waals surface area contributed by atoms with Crippen LogP contribution in [0.4, 0.5) is 0 Å². The van der Waals surface area contributed by atoms with E-state index in [1.807, 2.05) is 42.5 Å². The summed E-state index contributed by atoms with van der Waals surface area (Å²) in [7, 11) is 0. The van der Waals surface area contributed by atoms with Crippen LogP contribution in [-0.4, -0.2) is 22.2 Å². The van der Waals surface area contributed by atoms with Crippen molar-refractivity contribution in [1.82, 2.24) is 0 Å². The summed E-state index contributed by atoms with van der Waals surface area (Å²) in [6.07, 6.45) is 4.60. The van der Waals surface area contributed by atoms with Gasteiger partial charge in [0.2, 0.25) is 0 Å². The van der Waals surface area contributed by atoms with Crippen LogP contribution in [0.15, 0.2) is 36.4 Å². The first-order chi connectivity index (χ1) is 8.02. The van der Waals surface area contributed by atoms with E-state index in [-0.39, 0.29) is 6.42 Å². The first-order valence-corrected chi connectivity index (χ1v) is 5.15. The summed E-state index contributed by atoms with van der Waals surface area (Å²) >= 11 is 0. The van der Waals surface area contributed by atoms with Gasteiger partial charge in [-0.15, -0.1) is 0 Å². The number of carbonyl (C=O) groups is 2. The highest BCUT2D eigenvalue weighted by molar-refractivity contribution is 5.67. The van der Waals surface area contributed by atoms with Crippen LogP contribution in [0.1, 0.15) is 25.3 Å². The van der Waals surface area contributed by atoms with Crippen LogP contribution in [0.3, 0.4) is 0 Å². The molecule has 2 N–H and O–H groups in total. The van der Waals surface area contributed by atoms with Gasteiger partial charge in [0.1, 0.15) is 0 Å². The molecule has 0 aliphatic rings. The monoisotopic (exact) mass is 236 g/mol. The molecule has 0 heterocycles. The Morgan fingerprint density at radius 1 is 1.18 bits per heavy atom. The maximum atomic E-state index is 10.2. The van der Waals surface area contributed by atoms with Crippen molar-refractivity contribution in [2.45, 2.75) is 19.8 Å². The minimum Gasteiger partial charge on any atom is -0.481 e. The number of hydrogen-bond acceptors (Lipinski definition) is 2. The summed E-state index contributed by atoms with van der Waals surface area (Å²) in [6.45, 7) is 1.08. The highest BCUT2D eigenvalue weighted by Gasteiger charge is 1.91. The lowest BCUT2D eigenvalue weighted by atomic mass is 10.2. The highest BCUT2D eigenvalue weighted by atomic mass is 16.4. The van der Waals surface area contributed by atoms with Gasteiger partial charge in [0.25, 0.3) is 5.97 Å². The van der Waals surface area contributed by atoms with E-state index in [1.165, 1.54) is 0 Å². The number of rotatable bonds is 4. The molecule has 4 nitrogen and oxygen atoms in total. The Morgan fingerprint density at radius 3 is 2.18 bits per heavy atom. The maximum Gasteiger partial charge on any atom is 0.303 e. The molecule has 0 aromatic heterocycles. The molecule has 92 valence electrons. The van der Waals surface area contributed by atoms with Crippen LogP contribution in [0.25, 0.3) is 6.08 Å². The Bertz CT molecular complexity index is 364. The van der Waals surface area contributed by atoms with Crippen molar-refractivity contribution in [3.05, 3.63) is 42.0 Å². The summed E-state index contributed by atoms with van der Waals surface area (Å²) in [6, 6.07) is 9.83. The van der Waals surface area contributed by atoms with Crippen LogP contribution in [0.5, 0.6) is 0 Å². The molecule has 1 aromatic rings. The Morgan fingerprint density at radius 2 is 1.71 bits per heavy atom. The second-order valence-corrected chi connectivity index (χ2v) is 3.26. The van der Waals surface area contributed by atoms with Gasteiger partial charge in [-0.05, 0) is 12.0 Å². The van der Waals surface area contributed by atoms with Crippen LogP contribution in [0, 0.1) is 0 Å². The van der Waals surface area contributed by atoms with Gasteiger partial charge in [0.05, 0.1) is 0 Å². The first-order valence-electron chi connectivity index (χ1n) is 5.15. The number of aliphatic carboxylic acids is 2.